The lowest BCUT2D eigenvalue weighted by molar-refractivity contribution is -0.138. The molecule has 1 amide bonds. The number of thiocarbonyl (C=S) groups is 1. The van der Waals surface area contributed by atoms with Crippen molar-refractivity contribution >= 4 is 23.1 Å². The summed E-state index contributed by atoms with van der Waals surface area (Å²) in [5.74, 6) is -0.0669. The Balaban J connectivity index is 5.11. The van der Waals surface area contributed by atoms with Gasteiger partial charge in [0.05, 0.1) is 17.0 Å². The first-order valence-electron chi connectivity index (χ1n) is 6.12. The summed E-state index contributed by atoms with van der Waals surface area (Å²) in [6, 6.07) is 0. The molecule has 5 heteroatoms. The van der Waals surface area contributed by atoms with Gasteiger partial charge in [-0.3, -0.25) is 4.79 Å². The van der Waals surface area contributed by atoms with Crippen molar-refractivity contribution in [3.8, 4) is 0 Å². The summed E-state index contributed by atoms with van der Waals surface area (Å²) >= 11 is 5.11. The van der Waals surface area contributed by atoms with Crippen molar-refractivity contribution in [2.75, 3.05) is 20.2 Å². The molecule has 0 rings (SSSR count). The number of likely N-dealkylation sites (N-methyl/N-ethyl adjacent to an activating group) is 1. The molecule has 17 heavy (non-hydrogen) atoms. The lowest BCUT2D eigenvalue weighted by Crippen LogP contribution is -2.50. The summed E-state index contributed by atoms with van der Waals surface area (Å²) in [4.78, 5) is 14.2. The summed E-state index contributed by atoms with van der Waals surface area (Å²) < 4.78 is 0. The van der Waals surface area contributed by atoms with E-state index in [1.54, 1.807) is 7.05 Å². The summed E-state index contributed by atoms with van der Waals surface area (Å²) in [7, 11) is 1.68. The van der Waals surface area contributed by atoms with E-state index in [1.165, 1.54) is 4.90 Å². The molecule has 0 fully saturated rings. The number of amides is 1. The molecule has 0 spiro atoms. The Morgan fingerprint density at radius 3 is 2.12 bits per heavy atom. The van der Waals surface area contributed by atoms with Crippen LogP contribution in [0.4, 0.5) is 0 Å². The largest absolute Gasteiger partial charge is 0.395 e. The van der Waals surface area contributed by atoms with Gasteiger partial charge in [0.1, 0.15) is 0 Å². The van der Waals surface area contributed by atoms with Crippen molar-refractivity contribution in [1.29, 1.82) is 0 Å². The fourth-order valence-electron chi connectivity index (χ4n) is 2.16. The molecule has 0 atom stereocenters. The Morgan fingerprint density at radius 1 is 1.35 bits per heavy atom. The second-order valence-corrected chi connectivity index (χ2v) is 4.84. The maximum absolute atomic E-state index is 12.4. The van der Waals surface area contributed by atoms with Crippen LogP contribution in [0.2, 0.25) is 0 Å². The highest BCUT2D eigenvalue weighted by Gasteiger charge is 2.41. The second-order valence-electron chi connectivity index (χ2n) is 4.40. The van der Waals surface area contributed by atoms with Crippen LogP contribution in [-0.2, 0) is 4.79 Å². The van der Waals surface area contributed by atoms with E-state index in [1.807, 2.05) is 13.8 Å². The highest BCUT2D eigenvalue weighted by Crippen LogP contribution is 2.32. The lowest BCUT2D eigenvalue weighted by Gasteiger charge is -2.34. The standard InChI is InChI=1S/C12H24N2O2S/c1-4-6-12(7-5-2,10(13)17)11(16)14(3)8-9-15/h15H,4-9H2,1-3H3,(H2,13,17). The van der Waals surface area contributed by atoms with Gasteiger partial charge in [0.15, 0.2) is 0 Å². The zero-order chi connectivity index (χ0) is 13.5. The molecular weight excluding hydrogens is 236 g/mol. The van der Waals surface area contributed by atoms with Gasteiger partial charge < -0.3 is 15.7 Å². The quantitative estimate of drug-likeness (QED) is 0.646. The van der Waals surface area contributed by atoms with Crippen molar-refractivity contribution < 1.29 is 9.90 Å². The first-order valence-corrected chi connectivity index (χ1v) is 6.53. The van der Waals surface area contributed by atoms with E-state index in [9.17, 15) is 4.79 Å². The summed E-state index contributed by atoms with van der Waals surface area (Å²) in [6.45, 7) is 4.30. The average molecular weight is 260 g/mol. The summed E-state index contributed by atoms with van der Waals surface area (Å²) in [5.41, 5.74) is 5.07. The molecule has 0 aromatic heterocycles. The number of carbonyl (C=O) groups excluding carboxylic acids is 1. The first kappa shape index (κ1) is 16.3. The van der Waals surface area contributed by atoms with Crippen LogP contribution in [0, 0.1) is 5.41 Å². The fraction of sp³-hybridized carbons (Fsp3) is 0.833. The molecule has 0 saturated carbocycles. The number of aliphatic hydroxyl groups excluding tert-OH is 1. The molecule has 0 heterocycles. The van der Waals surface area contributed by atoms with Crippen molar-refractivity contribution in [3.63, 3.8) is 0 Å². The van der Waals surface area contributed by atoms with E-state index in [2.05, 4.69) is 0 Å². The zero-order valence-electron chi connectivity index (χ0n) is 11.0. The number of hydrogen-bond donors (Lipinski definition) is 2. The minimum atomic E-state index is -0.733. The van der Waals surface area contributed by atoms with Crippen LogP contribution in [-0.4, -0.2) is 41.1 Å². The summed E-state index contributed by atoms with van der Waals surface area (Å²) in [5, 5.41) is 8.89. The van der Waals surface area contributed by atoms with Gasteiger partial charge in [0, 0.05) is 13.6 Å². The predicted octanol–water partition coefficient (Wildman–Crippen LogP) is 1.31. The molecule has 0 aromatic rings. The number of carbonyl (C=O) groups is 1. The van der Waals surface area contributed by atoms with E-state index in [4.69, 9.17) is 23.1 Å². The third kappa shape index (κ3) is 3.92. The van der Waals surface area contributed by atoms with E-state index in [0.29, 0.717) is 19.4 Å². The van der Waals surface area contributed by atoms with Crippen LogP contribution < -0.4 is 5.73 Å². The van der Waals surface area contributed by atoms with Gasteiger partial charge in [-0.15, -0.1) is 0 Å². The van der Waals surface area contributed by atoms with Crippen LogP contribution >= 0.6 is 12.2 Å². The molecular formula is C12H24N2O2S. The lowest BCUT2D eigenvalue weighted by atomic mass is 9.77. The molecule has 0 aliphatic carbocycles. The minimum Gasteiger partial charge on any atom is -0.395 e. The molecule has 4 nitrogen and oxygen atoms in total. The molecule has 0 aliphatic rings. The Kier molecular flexibility index (Phi) is 7.30. The normalized spacial score (nSPS) is 11.3. The monoisotopic (exact) mass is 260 g/mol. The van der Waals surface area contributed by atoms with Gasteiger partial charge in [-0.2, -0.15) is 0 Å². The maximum Gasteiger partial charge on any atom is 0.235 e. The van der Waals surface area contributed by atoms with E-state index in [-0.39, 0.29) is 17.5 Å². The number of nitrogens with zero attached hydrogens (tertiary/aromatic N) is 1. The summed E-state index contributed by atoms with van der Waals surface area (Å²) in [6.07, 6.45) is 3.06. The molecule has 0 unspecified atom stereocenters. The van der Waals surface area contributed by atoms with Gasteiger partial charge in [0.25, 0.3) is 0 Å². The van der Waals surface area contributed by atoms with Crippen molar-refractivity contribution in [3.05, 3.63) is 0 Å². The maximum atomic E-state index is 12.4. The molecule has 0 aliphatic heterocycles. The molecule has 0 aromatic carbocycles. The minimum absolute atomic E-state index is 0.0477. The van der Waals surface area contributed by atoms with Gasteiger partial charge in [-0.05, 0) is 12.8 Å². The van der Waals surface area contributed by atoms with Crippen molar-refractivity contribution in [1.82, 2.24) is 4.90 Å². The second kappa shape index (κ2) is 7.61. The van der Waals surface area contributed by atoms with E-state index < -0.39 is 5.41 Å². The number of rotatable bonds is 8. The number of hydrogen-bond acceptors (Lipinski definition) is 3. The Hall–Kier alpha value is -0.680. The Morgan fingerprint density at radius 2 is 1.82 bits per heavy atom. The van der Waals surface area contributed by atoms with Gasteiger partial charge in [-0.1, -0.05) is 38.9 Å². The molecule has 100 valence electrons. The average Bonchev–Trinajstić information content (AvgIpc) is 2.27. The molecule has 0 saturated heterocycles. The molecule has 0 radical (unpaired) electrons. The highest BCUT2D eigenvalue weighted by atomic mass is 32.1. The van der Waals surface area contributed by atoms with Gasteiger partial charge in [0.2, 0.25) is 5.91 Å². The van der Waals surface area contributed by atoms with Crippen LogP contribution in [0.1, 0.15) is 39.5 Å². The topological polar surface area (TPSA) is 66.6 Å². The smallest absolute Gasteiger partial charge is 0.235 e. The SMILES string of the molecule is CCCC(CCC)(C(=O)N(C)CCO)C(N)=S. The Bertz CT molecular complexity index is 263. The number of aliphatic hydroxyl groups is 1. The predicted molar refractivity (Wildman–Crippen MR) is 73.8 cm³/mol. The van der Waals surface area contributed by atoms with Gasteiger partial charge in [-0.25, -0.2) is 0 Å². The molecule has 0 bridgehead atoms. The van der Waals surface area contributed by atoms with Crippen LogP contribution in [0.3, 0.4) is 0 Å². The first-order chi connectivity index (χ1) is 7.96. The van der Waals surface area contributed by atoms with Gasteiger partial charge >= 0.3 is 0 Å². The van der Waals surface area contributed by atoms with Crippen molar-refractivity contribution in [2.45, 2.75) is 39.5 Å². The highest BCUT2D eigenvalue weighted by molar-refractivity contribution is 7.80. The van der Waals surface area contributed by atoms with E-state index in [0.717, 1.165) is 12.8 Å². The van der Waals surface area contributed by atoms with Crippen LogP contribution in [0.25, 0.3) is 0 Å². The van der Waals surface area contributed by atoms with Crippen molar-refractivity contribution in [2.24, 2.45) is 11.1 Å². The zero-order valence-corrected chi connectivity index (χ0v) is 11.8. The van der Waals surface area contributed by atoms with Crippen LogP contribution in [0.15, 0.2) is 0 Å². The van der Waals surface area contributed by atoms with Crippen LogP contribution in [0.5, 0.6) is 0 Å². The third-order valence-corrected chi connectivity index (χ3v) is 3.41. The number of nitrogens with two attached hydrogens (primary N) is 1. The molecule has 3 N–H and O–H groups in total. The van der Waals surface area contributed by atoms with E-state index >= 15 is 0 Å². The fourth-order valence-corrected chi connectivity index (χ4v) is 2.45. The Labute approximate surface area is 109 Å². The third-order valence-electron chi connectivity index (χ3n) is 3.02.